The van der Waals surface area contributed by atoms with Gasteiger partial charge in [0.2, 0.25) is 10.0 Å². The van der Waals surface area contributed by atoms with Crippen LogP contribution in [0.1, 0.15) is 43.0 Å². The van der Waals surface area contributed by atoms with Crippen LogP contribution in [0.25, 0.3) is 0 Å². The fraction of sp³-hybridized carbons (Fsp3) is 0.462. The smallest absolute Gasteiger partial charge is 0.337 e. The fourth-order valence-corrected chi connectivity index (χ4v) is 4.07. The molecule has 2 N–H and O–H groups in total. The van der Waals surface area contributed by atoms with Crippen LogP contribution in [-0.2, 0) is 10.0 Å². The Labute approximate surface area is 123 Å². The molecule has 0 aliphatic heterocycles. The zero-order chi connectivity index (χ0) is 15.0. The van der Waals surface area contributed by atoms with Crippen molar-refractivity contribution < 1.29 is 18.3 Å². The number of halogens is 1. The molecular weight excluding hydrogens is 302 g/mol. The second-order valence-electron chi connectivity index (χ2n) is 5.04. The van der Waals surface area contributed by atoms with Gasteiger partial charge in [-0.25, -0.2) is 17.9 Å². The minimum Gasteiger partial charge on any atom is -0.478 e. The highest BCUT2D eigenvalue weighted by atomic mass is 35.5. The summed E-state index contributed by atoms with van der Waals surface area (Å²) in [6.07, 6.45) is 3.33. The topological polar surface area (TPSA) is 83.5 Å². The van der Waals surface area contributed by atoms with Gasteiger partial charge in [-0.2, -0.15) is 0 Å². The second kappa shape index (κ2) is 5.35. The molecule has 0 amide bonds. The zero-order valence-corrected chi connectivity index (χ0v) is 12.6. The van der Waals surface area contributed by atoms with Gasteiger partial charge in [-0.05, 0) is 43.9 Å². The van der Waals surface area contributed by atoms with Crippen molar-refractivity contribution in [2.24, 2.45) is 0 Å². The number of nitrogens with one attached hydrogen (secondary N) is 1. The summed E-state index contributed by atoms with van der Waals surface area (Å²) < 4.78 is 27.4. The van der Waals surface area contributed by atoms with E-state index in [1.807, 2.05) is 6.92 Å². The highest BCUT2D eigenvalue weighted by Gasteiger charge is 2.39. The molecule has 1 aromatic carbocycles. The number of carboxylic acids is 1. The summed E-state index contributed by atoms with van der Waals surface area (Å²) in [7, 11) is -3.74. The predicted molar refractivity (Wildman–Crippen MR) is 75.6 cm³/mol. The van der Waals surface area contributed by atoms with E-state index in [2.05, 4.69) is 4.72 Å². The lowest BCUT2D eigenvalue weighted by molar-refractivity contribution is 0.0697. The monoisotopic (exact) mass is 317 g/mol. The largest absolute Gasteiger partial charge is 0.478 e. The Kier molecular flexibility index (Phi) is 4.09. The Morgan fingerprint density at radius 3 is 2.55 bits per heavy atom. The van der Waals surface area contributed by atoms with Gasteiger partial charge in [0.25, 0.3) is 0 Å². The first-order chi connectivity index (χ1) is 9.30. The van der Waals surface area contributed by atoms with Crippen molar-refractivity contribution in [2.45, 2.75) is 43.0 Å². The van der Waals surface area contributed by atoms with Crippen molar-refractivity contribution in [3.8, 4) is 0 Å². The van der Waals surface area contributed by atoms with E-state index in [4.69, 9.17) is 16.7 Å². The number of benzene rings is 1. The molecular formula is C13H16ClNO4S. The number of aromatic carboxylic acids is 1. The van der Waals surface area contributed by atoms with Crippen LogP contribution in [-0.4, -0.2) is 25.0 Å². The minimum atomic E-state index is -3.74. The van der Waals surface area contributed by atoms with E-state index >= 15 is 0 Å². The molecule has 1 aliphatic carbocycles. The van der Waals surface area contributed by atoms with Crippen molar-refractivity contribution in [1.82, 2.24) is 4.72 Å². The summed E-state index contributed by atoms with van der Waals surface area (Å²) in [4.78, 5) is 10.9. The van der Waals surface area contributed by atoms with Crippen LogP contribution in [0, 0.1) is 0 Å². The molecule has 2 rings (SSSR count). The number of carbonyl (C=O) groups is 1. The summed E-state index contributed by atoms with van der Waals surface area (Å²) in [5, 5.41) is 9.01. The normalized spacial score (nSPS) is 17.5. The molecule has 20 heavy (non-hydrogen) atoms. The lowest BCUT2D eigenvalue weighted by Gasteiger charge is -2.41. The molecule has 5 nitrogen and oxygen atoms in total. The van der Waals surface area contributed by atoms with Crippen molar-refractivity contribution in [3.05, 3.63) is 28.8 Å². The number of rotatable bonds is 5. The van der Waals surface area contributed by atoms with E-state index < -0.39 is 16.0 Å². The molecule has 7 heteroatoms. The molecule has 0 radical (unpaired) electrons. The van der Waals surface area contributed by atoms with Gasteiger partial charge in [0.1, 0.15) is 0 Å². The van der Waals surface area contributed by atoms with Crippen LogP contribution >= 0.6 is 11.6 Å². The van der Waals surface area contributed by atoms with Gasteiger partial charge < -0.3 is 5.11 Å². The minimum absolute atomic E-state index is 0.0188. The summed E-state index contributed by atoms with van der Waals surface area (Å²) in [5.41, 5.74) is -0.601. The summed E-state index contributed by atoms with van der Waals surface area (Å²) in [6.45, 7) is 1.94. The molecule has 0 saturated heterocycles. The standard InChI is InChI=1S/C13H16ClNO4S/c1-2-13(6-3-7-13)15-20(18,19)9-4-5-11(14)10(8-9)12(16)17/h4-5,8,15H,2-3,6-7H2,1H3,(H,16,17). The van der Waals surface area contributed by atoms with Crippen molar-refractivity contribution in [2.75, 3.05) is 0 Å². The van der Waals surface area contributed by atoms with E-state index in [0.29, 0.717) is 6.42 Å². The third kappa shape index (κ3) is 2.82. The Hall–Kier alpha value is -1.11. The summed E-state index contributed by atoms with van der Waals surface area (Å²) >= 11 is 5.74. The number of sulfonamides is 1. The molecule has 1 aliphatic rings. The molecule has 0 heterocycles. The van der Waals surface area contributed by atoms with Crippen LogP contribution in [0.15, 0.2) is 23.1 Å². The maximum atomic E-state index is 12.3. The van der Waals surface area contributed by atoms with E-state index in [0.717, 1.165) is 25.3 Å². The van der Waals surface area contributed by atoms with Gasteiger partial charge in [-0.15, -0.1) is 0 Å². The average molecular weight is 318 g/mol. The maximum absolute atomic E-state index is 12.3. The third-order valence-corrected chi connectivity index (χ3v) is 5.72. The fourth-order valence-electron chi connectivity index (χ4n) is 2.31. The zero-order valence-electron chi connectivity index (χ0n) is 11.0. The molecule has 0 bridgehead atoms. The molecule has 1 aromatic rings. The molecule has 1 fully saturated rings. The first-order valence-corrected chi connectivity index (χ1v) is 8.23. The Balaban J connectivity index is 2.35. The third-order valence-electron chi connectivity index (χ3n) is 3.82. The molecule has 110 valence electrons. The predicted octanol–water partition coefficient (Wildman–Crippen LogP) is 2.65. The van der Waals surface area contributed by atoms with E-state index in [-0.39, 0.29) is 21.0 Å². The molecule has 0 atom stereocenters. The number of hydrogen-bond acceptors (Lipinski definition) is 3. The van der Waals surface area contributed by atoms with Crippen molar-refractivity contribution in [1.29, 1.82) is 0 Å². The number of carboxylic acid groups (broad SMARTS) is 1. The first kappa shape index (κ1) is 15.3. The van der Waals surface area contributed by atoms with Gasteiger partial charge in [0.15, 0.2) is 0 Å². The van der Waals surface area contributed by atoms with Gasteiger partial charge in [0, 0.05) is 5.54 Å². The Bertz CT molecular complexity index is 632. The maximum Gasteiger partial charge on any atom is 0.337 e. The average Bonchev–Trinajstić information content (AvgIpc) is 2.34. The van der Waals surface area contributed by atoms with E-state index in [1.165, 1.54) is 12.1 Å². The van der Waals surface area contributed by atoms with Crippen LogP contribution in [0.5, 0.6) is 0 Å². The van der Waals surface area contributed by atoms with Crippen molar-refractivity contribution >= 4 is 27.6 Å². The quantitative estimate of drug-likeness (QED) is 0.874. The highest BCUT2D eigenvalue weighted by molar-refractivity contribution is 7.89. The second-order valence-corrected chi connectivity index (χ2v) is 7.13. The SMILES string of the molecule is CCC1(NS(=O)(=O)c2ccc(Cl)c(C(=O)O)c2)CCC1. The van der Waals surface area contributed by atoms with Gasteiger partial charge >= 0.3 is 5.97 Å². The molecule has 0 unspecified atom stereocenters. The van der Waals surface area contributed by atoms with Gasteiger partial charge in [-0.3, -0.25) is 0 Å². The summed E-state index contributed by atoms with van der Waals surface area (Å²) in [6, 6.07) is 3.70. The molecule has 0 spiro atoms. The first-order valence-electron chi connectivity index (χ1n) is 6.36. The lowest BCUT2D eigenvalue weighted by Crippen LogP contribution is -2.52. The number of hydrogen-bond donors (Lipinski definition) is 2. The van der Waals surface area contributed by atoms with Crippen LogP contribution in [0.4, 0.5) is 0 Å². The Morgan fingerprint density at radius 1 is 1.45 bits per heavy atom. The van der Waals surface area contributed by atoms with Crippen LogP contribution in [0.3, 0.4) is 0 Å². The molecule has 1 saturated carbocycles. The highest BCUT2D eigenvalue weighted by Crippen LogP contribution is 2.36. The van der Waals surface area contributed by atoms with Crippen LogP contribution < -0.4 is 4.72 Å². The van der Waals surface area contributed by atoms with E-state index in [1.54, 1.807) is 0 Å². The van der Waals surface area contributed by atoms with Crippen LogP contribution in [0.2, 0.25) is 5.02 Å². The van der Waals surface area contributed by atoms with E-state index in [9.17, 15) is 13.2 Å². The molecule has 0 aromatic heterocycles. The van der Waals surface area contributed by atoms with Gasteiger partial charge in [-0.1, -0.05) is 18.5 Å². The van der Waals surface area contributed by atoms with Crippen molar-refractivity contribution in [3.63, 3.8) is 0 Å². The lowest BCUT2D eigenvalue weighted by atomic mass is 9.76. The summed E-state index contributed by atoms with van der Waals surface area (Å²) in [5.74, 6) is -1.25. The Morgan fingerprint density at radius 2 is 2.10 bits per heavy atom. The van der Waals surface area contributed by atoms with Gasteiger partial charge in [0.05, 0.1) is 15.5 Å².